The topological polar surface area (TPSA) is 89.9 Å². The number of nitrogens with zero attached hydrogens (tertiary/aromatic N) is 1. The summed E-state index contributed by atoms with van der Waals surface area (Å²) in [4.78, 5) is 25.4. The van der Waals surface area contributed by atoms with Crippen LogP contribution in [-0.4, -0.2) is 39.6 Å². The number of unbranched alkanes of at least 4 members (excludes halogenated alkanes) is 1. The number of hydrogen-bond donors (Lipinski definition) is 3. The van der Waals surface area contributed by atoms with Gasteiger partial charge in [0, 0.05) is 5.57 Å². The molecule has 22 heavy (non-hydrogen) atoms. The third-order valence-corrected chi connectivity index (χ3v) is 3.82. The fraction of sp³-hybridized carbons (Fsp3) is 0.375. The van der Waals surface area contributed by atoms with Gasteiger partial charge in [-0.3, -0.25) is 14.8 Å². The maximum atomic E-state index is 12.3. The number of amides is 2. The monoisotopic (exact) mass is 304 g/mol. The highest BCUT2D eigenvalue weighted by Crippen LogP contribution is 2.29. The molecule has 1 unspecified atom stereocenters. The Bertz CT molecular complexity index is 583. The molecule has 1 heterocycles. The standard InChI is InChI=1S/C16H20N2O4/c1-2-3-9-13(15(20)17-22)18-10-12(14(19)16(18)21)11-7-5-4-6-8-11/h4-8,13,19,22H,2-3,9-10H2,1H3,(H,17,20). The first kappa shape index (κ1) is 16.0. The quantitative estimate of drug-likeness (QED) is 0.553. The normalized spacial score (nSPS) is 16.1. The van der Waals surface area contributed by atoms with Crippen LogP contribution in [0.5, 0.6) is 0 Å². The van der Waals surface area contributed by atoms with E-state index in [0.29, 0.717) is 12.0 Å². The van der Waals surface area contributed by atoms with Crippen molar-refractivity contribution < 1.29 is 19.9 Å². The van der Waals surface area contributed by atoms with Gasteiger partial charge in [-0.05, 0) is 12.0 Å². The predicted molar refractivity (Wildman–Crippen MR) is 80.9 cm³/mol. The van der Waals surface area contributed by atoms with Gasteiger partial charge < -0.3 is 10.0 Å². The van der Waals surface area contributed by atoms with Crippen molar-refractivity contribution in [2.75, 3.05) is 6.54 Å². The lowest BCUT2D eigenvalue weighted by Gasteiger charge is -2.26. The first-order valence-corrected chi connectivity index (χ1v) is 7.32. The van der Waals surface area contributed by atoms with Gasteiger partial charge in [-0.2, -0.15) is 0 Å². The first-order valence-electron chi connectivity index (χ1n) is 7.32. The Kier molecular flexibility index (Phi) is 5.16. The summed E-state index contributed by atoms with van der Waals surface area (Å²) in [5.41, 5.74) is 2.85. The fourth-order valence-electron chi connectivity index (χ4n) is 2.60. The highest BCUT2D eigenvalue weighted by Gasteiger charge is 2.38. The van der Waals surface area contributed by atoms with Crippen LogP contribution in [0.3, 0.4) is 0 Å². The van der Waals surface area contributed by atoms with Gasteiger partial charge in [0.1, 0.15) is 6.04 Å². The second kappa shape index (κ2) is 7.09. The van der Waals surface area contributed by atoms with Crippen molar-refractivity contribution in [3.63, 3.8) is 0 Å². The Balaban J connectivity index is 2.24. The number of hydroxylamine groups is 1. The summed E-state index contributed by atoms with van der Waals surface area (Å²) in [6.07, 6.45) is 2.04. The zero-order valence-electron chi connectivity index (χ0n) is 12.5. The minimum atomic E-state index is -0.791. The molecule has 118 valence electrons. The molecular formula is C16H20N2O4. The predicted octanol–water partition coefficient (Wildman–Crippen LogP) is 1.86. The van der Waals surface area contributed by atoms with Gasteiger partial charge in [-0.1, -0.05) is 50.1 Å². The number of nitrogens with one attached hydrogen (secondary N) is 1. The molecule has 0 fully saturated rings. The van der Waals surface area contributed by atoms with Crippen molar-refractivity contribution in [3.8, 4) is 0 Å². The maximum Gasteiger partial charge on any atom is 0.290 e. The Hall–Kier alpha value is -2.34. The summed E-state index contributed by atoms with van der Waals surface area (Å²) >= 11 is 0. The van der Waals surface area contributed by atoms with Crippen LogP contribution in [0, 0.1) is 0 Å². The molecule has 3 N–H and O–H groups in total. The maximum absolute atomic E-state index is 12.3. The van der Waals surface area contributed by atoms with E-state index < -0.39 is 17.9 Å². The van der Waals surface area contributed by atoms with Crippen molar-refractivity contribution in [1.29, 1.82) is 0 Å². The van der Waals surface area contributed by atoms with Crippen molar-refractivity contribution in [2.45, 2.75) is 32.2 Å². The van der Waals surface area contributed by atoms with E-state index in [0.717, 1.165) is 18.4 Å². The lowest BCUT2D eigenvalue weighted by Crippen LogP contribution is -2.47. The van der Waals surface area contributed by atoms with Crippen LogP contribution in [0.15, 0.2) is 36.1 Å². The van der Waals surface area contributed by atoms with Gasteiger partial charge in [-0.25, -0.2) is 5.48 Å². The molecule has 0 saturated carbocycles. The van der Waals surface area contributed by atoms with Gasteiger partial charge in [0.2, 0.25) is 0 Å². The average Bonchev–Trinajstić information content (AvgIpc) is 2.84. The van der Waals surface area contributed by atoms with Crippen LogP contribution >= 0.6 is 0 Å². The Morgan fingerprint density at radius 2 is 2.05 bits per heavy atom. The number of carbonyl (C=O) groups is 2. The van der Waals surface area contributed by atoms with Crippen molar-refractivity contribution in [3.05, 3.63) is 41.7 Å². The third-order valence-electron chi connectivity index (χ3n) is 3.82. The number of aliphatic hydroxyl groups excluding tert-OH is 1. The second-order valence-corrected chi connectivity index (χ2v) is 5.26. The molecule has 1 aliphatic rings. The first-order chi connectivity index (χ1) is 10.6. The van der Waals surface area contributed by atoms with E-state index >= 15 is 0 Å². The van der Waals surface area contributed by atoms with Gasteiger partial charge in [0.15, 0.2) is 5.76 Å². The number of rotatable bonds is 6. The second-order valence-electron chi connectivity index (χ2n) is 5.26. The van der Waals surface area contributed by atoms with Gasteiger partial charge in [0.05, 0.1) is 6.54 Å². The number of carbonyl (C=O) groups excluding carboxylic acids is 2. The molecule has 1 atom stereocenters. The molecule has 0 bridgehead atoms. The average molecular weight is 304 g/mol. The van der Waals surface area contributed by atoms with Gasteiger partial charge >= 0.3 is 0 Å². The number of benzene rings is 1. The smallest absolute Gasteiger partial charge is 0.290 e. The Morgan fingerprint density at radius 1 is 1.36 bits per heavy atom. The zero-order chi connectivity index (χ0) is 16.1. The van der Waals surface area contributed by atoms with Crippen LogP contribution in [0.25, 0.3) is 5.57 Å². The van der Waals surface area contributed by atoms with E-state index in [4.69, 9.17) is 5.21 Å². The summed E-state index contributed by atoms with van der Waals surface area (Å²) in [6.45, 7) is 2.13. The van der Waals surface area contributed by atoms with Crippen LogP contribution in [0.4, 0.5) is 0 Å². The molecule has 1 aliphatic heterocycles. The van der Waals surface area contributed by atoms with Crippen molar-refractivity contribution in [2.24, 2.45) is 0 Å². The highest BCUT2D eigenvalue weighted by molar-refractivity contribution is 6.05. The lowest BCUT2D eigenvalue weighted by atomic mass is 10.1. The van der Waals surface area contributed by atoms with Crippen LogP contribution in [0.2, 0.25) is 0 Å². The Morgan fingerprint density at radius 3 is 2.64 bits per heavy atom. The molecule has 0 saturated heterocycles. The van der Waals surface area contributed by atoms with E-state index in [2.05, 4.69) is 0 Å². The zero-order valence-corrected chi connectivity index (χ0v) is 12.5. The molecule has 2 rings (SSSR count). The summed E-state index contributed by atoms with van der Waals surface area (Å²) < 4.78 is 0. The molecule has 6 nitrogen and oxygen atoms in total. The van der Waals surface area contributed by atoms with E-state index in [-0.39, 0.29) is 12.3 Å². The highest BCUT2D eigenvalue weighted by atomic mass is 16.5. The van der Waals surface area contributed by atoms with E-state index in [9.17, 15) is 14.7 Å². The molecule has 0 spiro atoms. The van der Waals surface area contributed by atoms with E-state index in [1.54, 1.807) is 17.6 Å². The minimum Gasteiger partial charge on any atom is -0.503 e. The number of aliphatic hydroxyl groups is 1. The van der Waals surface area contributed by atoms with Crippen LogP contribution in [-0.2, 0) is 9.59 Å². The molecular weight excluding hydrogens is 284 g/mol. The molecule has 0 aliphatic carbocycles. The van der Waals surface area contributed by atoms with Crippen LogP contribution < -0.4 is 5.48 Å². The Labute approximate surface area is 129 Å². The summed E-state index contributed by atoms with van der Waals surface area (Å²) in [5, 5.41) is 19.0. The third kappa shape index (κ3) is 3.12. The van der Waals surface area contributed by atoms with Crippen LogP contribution in [0.1, 0.15) is 31.7 Å². The molecule has 2 amide bonds. The molecule has 1 aromatic rings. The molecule has 0 aromatic heterocycles. The molecule has 0 radical (unpaired) electrons. The molecule has 6 heteroatoms. The lowest BCUT2D eigenvalue weighted by molar-refractivity contribution is -0.142. The summed E-state index contributed by atoms with van der Waals surface area (Å²) in [5.74, 6) is -1.55. The fourth-order valence-corrected chi connectivity index (χ4v) is 2.60. The van der Waals surface area contributed by atoms with E-state index in [1.807, 2.05) is 25.1 Å². The van der Waals surface area contributed by atoms with Gasteiger partial charge in [0.25, 0.3) is 11.8 Å². The number of hydrogen-bond acceptors (Lipinski definition) is 4. The van der Waals surface area contributed by atoms with Crippen molar-refractivity contribution in [1.82, 2.24) is 10.4 Å². The largest absolute Gasteiger partial charge is 0.503 e. The summed E-state index contributed by atoms with van der Waals surface area (Å²) in [7, 11) is 0. The molecule has 1 aromatic carbocycles. The van der Waals surface area contributed by atoms with E-state index in [1.165, 1.54) is 4.90 Å². The van der Waals surface area contributed by atoms with Gasteiger partial charge in [-0.15, -0.1) is 0 Å². The SMILES string of the molecule is CCCCC(C(=O)NO)N1CC(c2ccccc2)=C(O)C1=O. The summed E-state index contributed by atoms with van der Waals surface area (Å²) in [6, 6.07) is 8.29. The van der Waals surface area contributed by atoms with Crippen molar-refractivity contribution >= 4 is 17.4 Å². The minimum absolute atomic E-state index is 0.149.